The molecule has 2 aliphatic heterocycles. The van der Waals surface area contributed by atoms with E-state index in [1.165, 1.54) is 11.1 Å². The Hall–Kier alpha value is -2.31. The van der Waals surface area contributed by atoms with Crippen molar-refractivity contribution in [3.05, 3.63) is 59.5 Å². The number of nitrogens with one attached hydrogen (secondary N) is 2. The maximum absolute atomic E-state index is 12.9. The minimum absolute atomic E-state index is 0. The molecule has 1 saturated heterocycles. The van der Waals surface area contributed by atoms with E-state index in [1.54, 1.807) is 6.26 Å². The van der Waals surface area contributed by atoms with E-state index in [9.17, 15) is 9.59 Å². The predicted octanol–water partition coefficient (Wildman–Crippen LogP) is 2.27. The molecule has 0 aliphatic carbocycles. The first-order valence-electron chi connectivity index (χ1n) is 9.60. The summed E-state index contributed by atoms with van der Waals surface area (Å²) in [7, 11) is 0. The Morgan fingerprint density at radius 1 is 1.11 bits per heavy atom. The van der Waals surface area contributed by atoms with Crippen molar-refractivity contribution in [2.75, 3.05) is 13.1 Å². The first kappa shape index (κ1) is 20.4. The zero-order chi connectivity index (χ0) is 18.6. The number of amides is 2. The molecule has 2 N–H and O–H groups in total. The minimum atomic E-state index is -0.163. The van der Waals surface area contributed by atoms with Crippen LogP contribution in [0.1, 0.15) is 29.7 Å². The number of furan rings is 1. The SMILES string of the molecule is Cl.O=C(NCc1ccco1)C1CCN(C(=O)[C@@H]2Cc3ccccc3CN2)CC1. The normalized spacial score (nSPS) is 19.4. The molecule has 4 rings (SSSR count). The Morgan fingerprint density at radius 3 is 2.57 bits per heavy atom. The van der Waals surface area contributed by atoms with Crippen LogP contribution in [0.4, 0.5) is 0 Å². The summed E-state index contributed by atoms with van der Waals surface area (Å²) in [6.07, 6.45) is 3.75. The molecule has 1 aromatic heterocycles. The molecule has 6 nitrogen and oxygen atoms in total. The summed E-state index contributed by atoms with van der Waals surface area (Å²) < 4.78 is 5.24. The number of hydrogen-bond donors (Lipinski definition) is 2. The van der Waals surface area contributed by atoms with E-state index in [0.717, 1.165) is 18.7 Å². The average molecular weight is 404 g/mol. The van der Waals surface area contributed by atoms with Crippen LogP contribution >= 0.6 is 12.4 Å². The molecule has 2 aromatic rings. The van der Waals surface area contributed by atoms with Gasteiger partial charge in [0.25, 0.3) is 0 Å². The number of carbonyl (C=O) groups is 2. The highest BCUT2D eigenvalue weighted by Gasteiger charge is 2.32. The summed E-state index contributed by atoms with van der Waals surface area (Å²) in [6.45, 7) is 2.42. The second-order valence-electron chi connectivity index (χ2n) is 7.30. The molecule has 28 heavy (non-hydrogen) atoms. The standard InChI is InChI=1S/C21H25N3O3.ClH/c25-20(23-14-18-6-3-11-27-18)15-7-9-24(10-8-15)21(26)19-12-16-4-1-2-5-17(16)13-22-19;/h1-6,11,15,19,22H,7-10,12-14H2,(H,23,25);1H/t19-;/m0./s1. The highest BCUT2D eigenvalue weighted by atomic mass is 35.5. The van der Waals surface area contributed by atoms with Gasteiger partial charge >= 0.3 is 0 Å². The van der Waals surface area contributed by atoms with Gasteiger partial charge < -0.3 is 20.0 Å². The second-order valence-corrected chi connectivity index (χ2v) is 7.30. The zero-order valence-electron chi connectivity index (χ0n) is 15.7. The number of benzene rings is 1. The third kappa shape index (κ3) is 4.56. The lowest BCUT2D eigenvalue weighted by Gasteiger charge is -2.35. The van der Waals surface area contributed by atoms with Gasteiger partial charge in [0, 0.05) is 25.6 Å². The van der Waals surface area contributed by atoms with E-state index >= 15 is 0 Å². The molecule has 0 radical (unpaired) electrons. The third-order valence-electron chi connectivity index (χ3n) is 5.57. The molecule has 7 heteroatoms. The van der Waals surface area contributed by atoms with E-state index < -0.39 is 0 Å². The fraction of sp³-hybridized carbons (Fsp3) is 0.429. The summed E-state index contributed by atoms with van der Waals surface area (Å²) in [4.78, 5) is 27.1. The number of rotatable bonds is 4. The number of likely N-dealkylation sites (tertiary alicyclic amines) is 1. The fourth-order valence-electron chi connectivity index (χ4n) is 3.94. The maximum Gasteiger partial charge on any atom is 0.240 e. The predicted molar refractivity (Wildman–Crippen MR) is 108 cm³/mol. The monoisotopic (exact) mass is 403 g/mol. The summed E-state index contributed by atoms with van der Waals surface area (Å²) in [5.74, 6) is 0.908. The molecule has 0 spiro atoms. The maximum atomic E-state index is 12.9. The van der Waals surface area contributed by atoms with Crippen LogP contribution < -0.4 is 10.6 Å². The van der Waals surface area contributed by atoms with E-state index in [2.05, 4.69) is 22.8 Å². The van der Waals surface area contributed by atoms with Gasteiger partial charge in [-0.25, -0.2) is 0 Å². The number of carbonyl (C=O) groups excluding carboxylic acids is 2. The number of fused-ring (bicyclic) bond motifs is 1. The van der Waals surface area contributed by atoms with Crippen LogP contribution in [0.25, 0.3) is 0 Å². The van der Waals surface area contributed by atoms with Gasteiger partial charge in [-0.15, -0.1) is 12.4 Å². The summed E-state index contributed by atoms with van der Waals surface area (Å²) in [5, 5.41) is 6.29. The van der Waals surface area contributed by atoms with Crippen molar-refractivity contribution in [1.82, 2.24) is 15.5 Å². The van der Waals surface area contributed by atoms with E-state index in [0.29, 0.717) is 32.5 Å². The van der Waals surface area contributed by atoms with Crippen molar-refractivity contribution in [3.63, 3.8) is 0 Å². The molecule has 1 aromatic carbocycles. The lowest BCUT2D eigenvalue weighted by atomic mass is 9.92. The van der Waals surface area contributed by atoms with Crippen molar-refractivity contribution in [1.29, 1.82) is 0 Å². The van der Waals surface area contributed by atoms with Crippen LogP contribution in [-0.4, -0.2) is 35.8 Å². The lowest BCUT2D eigenvalue weighted by molar-refractivity contribution is -0.137. The van der Waals surface area contributed by atoms with Gasteiger partial charge in [0.1, 0.15) is 5.76 Å². The smallest absolute Gasteiger partial charge is 0.240 e. The van der Waals surface area contributed by atoms with Crippen molar-refractivity contribution in [2.24, 2.45) is 5.92 Å². The van der Waals surface area contributed by atoms with Gasteiger partial charge in [-0.05, 0) is 42.5 Å². The molecule has 1 fully saturated rings. The highest BCUT2D eigenvalue weighted by Crippen LogP contribution is 2.21. The van der Waals surface area contributed by atoms with Gasteiger partial charge in [-0.2, -0.15) is 0 Å². The molecular weight excluding hydrogens is 378 g/mol. The van der Waals surface area contributed by atoms with Crippen LogP contribution in [0.15, 0.2) is 47.1 Å². The third-order valence-corrected chi connectivity index (χ3v) is 5.57. The molecule has 2 amide bonds. The largest absolute Gasteiger partial charge is 0.467 e. The molecule has 2 aliphatic rings. The van der Waals surface area contributed by atoms with Crippen LogP contribution in [0.5, 0.6) is 0 Å². The van der Waals surface area contributed by atoms with Gasteiger partial charge in [0.15, 0.2) is 0 Å². The van der Waals surface area contributed by atoms with Gasteiger partial charge in [0.2, 0.25) is 11.8 Å². The van der Waals surface area contributed by atoms with Crippen molar-refractivity contribution < 1.29 is 14.0 Å². The zero-order valence-corrected chi connectivity index (χ0v) is 16.5. The molecule has 0 bridgehead atoms. The molecule has 0 saturated carbocycles. The van der Waals surface area contributed by atoms with Crippen molar-refractivity contribution >= 4 is 24.2 Å². The summed E-state index contributed by atoms with van der Waals surface area (Å²) in [5.41, 5.74) is 2.52. The highest BCUT2D eigenvalue weighted by molar-refractivity contribution is 5.85. The second kappa shape index (κ2) is 9.26. The first-order valence-corrected chi connectivity index (χ1v) is 9.60. The van der Waals surface area contributed by atoms with Gasteiger partial charge in [-0.3, -0.25) is 9.59 Å². The van der Waals surface area contributed by atoms with Crippen LogP contribution in [0.3, 0.4) is 0 Å². The molecule has 0 unspecified atom stereocenters. The fourth-order valence-corrected chi connectivity index (χ4v) is 3.94. The Bertz CT molecular complexity index is 801. The van der Waals surface area contributed by atoms with E-state index in [4.69, 9.17) is 4.42 Å². The van der Waals surface area contributed by atoms with Crippen LogP contribution in [0.2, 0.25) is 0 Å². The Labute approximate surface area is 171 Å². The van der Waals surface area contributed by atoms with Gasteiger partial charge in [-0.1, -0.05) is 24.3 Å². The van der Waals surface area contributed by atoms with Crippen molar-refractivity contribution in [2.45, 2.75) is 38.4 Å². The summed E-state index contributed by atoms with van der Waals surface area (Å²) in [6, 6.07) is 11.8. The Balaban J connectivity index is 0.00000225. The lowest BCUT2D eigenvalue weighted by Crippen LogP contribution is -2.52. The quantitative estimate of drug-likeness (QED) is 0.821. The summed E-state index contributed by atoms with van der Waals surface area (Å²) >= 11 is 0. The minimum Gasteiger partial charge on any atom is -0.467 e. The van der Waals surface area contributed by atoms with Crippen molar-refractivity contribution in [3.8, 4) is 0 Å². The number of nitrogens with zero attached hydrogens (tertiary/aromatic N) is 1. The first-order chi connectivity index (χ1) is 13.2. The number of piperidine rings is 1. The van der Waals surface area contributed by atoms with Crippen LogP contribution in [0, 0.1) is 5.92 Å². The molecule has 3 heterocycles. The Morgan fingerprint density at radius 2 is 1.86 bits per heavy atom. The topological polar surface area (TPSA) is 74.6 Å². The average Bonchev–Trinajstić information content (AvgIpc) is 3.25. The molecule has 150 valence electrons. The molecular formula is C21H26ClN3O3. The van der Waals surface area contributed by atoms with Gasteiger partial charge in [0.05, 0.1) is 18.8 Å². The van der Waals surface area contributed by atoms with E-state index in [-0.39, 0.29) is 36.2 Å². The number of hydrogen-bond acceptors (Lipinski definition) is 4. The molecule has 1 atom stereocenters. The van der Waals surface area contributed by atoms with E-state index in [1.807, 2.05) is 29.2 Å². The Kier molecular flexibility index (Phi) is 6.75. The number of halogens is 1. The van der Waals surface area contributed by atoms with Crippen LogP contribution in [-0.2, 0) is 29.1 Å².